The first-order chi connectivity index (χ1) is 8.11. The predicted octanol–water partition coefficient (Wildman–Crippen LogP) is 4.13. The molecule has 0 bridgehead atoms. The molecule has 2 nitrogen and oxygen atoms in total. The fourth-order valence-corrected chi connectivity index (χ4v) is 2.00. The van der Waals surface area contributed by atoms with E-state index in [-0.39, 0.29) is 11.9 Å². The maximum atomic E-state index is 13.2. The van der Waals surface area contributed by atoms with E-state index < -0.39 is 0 Å². The van der Waals surface area contributed by atoms with Gasteiger partial charge >= 0.3 is 0 Å². The molecule has 1 unspecified atom stereocenters. The first kappa shape index (κ1) is 12.3. The van der Waals surface area contributed by atoms with Crippen LogP contribution in [0.4, 0.5) is 4.39 Å². The van der Waals surface area contributed by atoms with Crippen LogP contribution < -0.4 is 5.32 Å². The third kappa shape index (κ3) is 2.58. The molecule has 17 heavy (non-hydrogen) atoms. The first-order valence-corrected chi connectivity index (χ1v) is 6.13. The monoisotopic (exact) mass is 297 g/mol. The standard InChI is InChI=1S/C13H13BrFNO/c1-8(16-2)12-5-6-13(17-12)10-7-9(15)3-4-11(10)14/h3-8,16H,1-2H3. The minimum atomic E-state index is -0.275. The number of benzene rings is 1. The lowest BCUT2D eigenvalue weighted by atomic mass is 10.2. The van der Waals surface area contributed by atoms with Gasteiger partial charge in [0.2, 0.25) is 0 Å². The second kappa shape index (κ2) is 5.02. The fraction of sp³-hybridized carbons (Fsp3) is 0.231. The molecule has 2 aromatic rings. The molecule has 0 saturated carbocycles. The molecular formula is C13H13BrFNO. The van der Waals surface area contributed by atoms with Gasteiger partial charge in [0, 0.05) is 10.0 Å². The molecule has 0 fully saturated rings. The van der Waals surface area contributed by atoms with Crippen molar-refractivity contribution in [3.63, 3.8) is 0 Å². The van der Waals surface area contributed by atoms with Crippen molar-refractivity contribution in [1.29, 1.82) is 0 Å². The Labute approximate surface area is 108 Å². The zero-order valence-corrected chi connectivity index (χ0v) is 11.2. The lowest BCUT2D eigenvalue weighted by Gasteiger charge is -2.06. The van der Waals surface area contributed by atoms with E-state index in [1.807, 2.05) is 26.1 Å². The molecule has 0 spiro atoms. The van der Waals surface area contributed by atoms with E-state index in [0.29, 0.717) is 5.76 Å². The lowest BCUT2D eigenvalue weighted by molar-refractivity contribution is 0.458. The summed E-state index contributed by atoms with van der Waals surface area (Å²) in [4.78, 5) is 0. The minimum absolute atomic E-state index is 0.135. The second-order valence-corrected chi connectivity index (χ2v) is 4.69. The van der Waals surface area contributed by atoms with Gasteiger partial charge in [0.25, 0.3) is 0 Å². The van der Waals surface area contributed by atoms with E-state index in [4.69, 9.17) is 4.42 Å². The molecule has 0 amide bonds. The topological polar surface area (TPSA) is 25.2 Å². The Kier molecular flexibility index (Phi) is 3.64. The normalized spacial score (nSPS) is 12.7. The molecule has 1 N–H and O–H groups in total. The van der Waals surface area contributed by atoms with Gasteiger partial charge in [0.15, 0.2) is 0 Å². The van der Waals surface area contributed by atoms with Crippen molar-refractivity contribution < 1.29 is 8.81 Å². The van der Waals surface area contributed by atoms with E-state index in [2.05, 4.69) is 21.2 Å². The Morgan fingerprint density at radius 1 is 1.29 bits per heavy atom. The molecule has 1 aromatic carbocycles. The van der Waals surface area contributed by atoms with Gasteiger partial charge in [-0.2, -0.15) is 0 Å². The molecule has 0 aliphatic rings. The van der Waals surface area contributed by atoms with E-state index in [1.54, 1.807) is 6.07 Å². The van der Waals surface area contributed by atoms with Gasteiger partial charge in [-0.3, -0.25) is 0 Å². The predicted molar refractivity (Wildman–Crippen MR) is 69.3 cm³/mol. The van der Waals surface area contributed by atoms with Crippen LogP contribution in [0.5, 0.6) is 0 Å². The first-order valence-electron chi connectivity index (χ1n) is 5.34. The van der Waals surface area contributed by atoms with Gasteiger partial charge < -0.3 is 9.73 Å². The summed E-state index contributed by atoms with van der Waals surface area (Å²) in [5.74, 6) is 1.22. The van der Waals surface area contributed by atoms with Crippen molar-refractivity contribution in [1.82, 2.24) is 5.32 Å². The van der Waals surface area contributed by atoms with Crippen molar-refractivity contribution in [2.45, 2.75) is 13.0 Å². The van der Waals surface area contributed by atoms with Crippen LogP contribution in [0.1, 0.15) is 18.7 Å². The fourth-order valence-electron chi connectivity index (χ4n) is 1.56. The third-order valence-corrected chi connectivity index (χ3v) is 3.37. The molecule has 0 radical (unpaired) electrons. The van der Waals surface area contributed by atoms with Crippen LogP contribution in [0.25, 0.3) is 11.3 Å². The maximum absolute atomic E-state index is 13.2. The summed E-state index contributed by atoms with van der Waals surface area (Å²) in [6.45, 7) is 2.00. The minimum Gasteiger partial charge on any atom is -0.459 e. The van der Waals surface area contributed by atoms with Gasteiger partial charge in [0.05, 0.1) is 6.04 Å². The Morgan fingerprint density at radius 2 is 2.06 bits per heavy atom. The maximum Gasteiger partial charge on any atom is 0.135 e. The highest BCUT2D eigenvalue weighted by Crippen LogP contribution is 2.31. The summed E-state index contributed by atoms with van der Waals surface area (Å²) in [6, 6.07) is 8.42. The van der Waals surface area contributed by atoms with E-state index in [0.717, 1.165) is 15.8 Å². The SMILES string of the molecule is CNC(C)c1ccc(-c2cc(F)ccc2Br)o1. The molecule has 1 atom stereocenters. The van der Waals surface area contributed by atoms with Crippen molar-refractivity contribution >= 4 is 15.9 Å². The largest absolute Gasteiger partial charge is 0.459 e. The zero-order chi connectivity index (χ0) is 12.4. The second-order valence-electron chi connectivity index (χ2n) is 3.84. The highest BCUT2D eigenvalue weighted by atomic mass is 79.9. The number of hydrogen-bond acceptors (Lipinski definition) is 2. The van der Waals surface area contributed by atoms with E-state index in [1.165, 1.54) is 12.1 Å². The summed E-state index contributed by atoms with van der Waals surface area (Å²) >= 11 is 3.39. The molecule has 4 heteroatoms. The summed E-state index contributed by atoms with van der Waals surface area (Å²) in [5, 5.41) is 3.09. The third-order valence-electron chi connectivity index (χ3n) is 2.68. The van der Waals surface area contributed by atoms with Gasteiger partial charge in [0.1, 0.15) is 17.3 Å². The Morgan fingerprint density at radius 3 is 2.76 bits per heavy atom. The van der Waals surface area contributed by atoms with Crippen LogP contribution >= 0.6 is 15.9 Å². The number of hydrogen-bond donors (Lipinski definition) is 1. The van der Waals surface area contributed by atoms with Crippen LogP contribution in [0.15, 0.2) is 39.2 Å². The summed E-state index contributed by atoms with van der Waals surface area (Å²) in [7, 11) is 1.87. The lowest BCUT2D eigenvalue weighted by Crippen LogP contribution is -2.11. The van der Waals surface area contributed by atoms with E-state index in [9.17, 15) is 4.39 Å². The van der Waals surface area contributed by atoms with Crippen molar-refractivity contribution in [3.8, 4) is 11.3 Å². The number of nitrogens with one attached hydrogen (secondary N) is 1. The van der Waals surface area contributed by atoms with Crippen LogP contribution in [0.3, 0.4) is 0 Å². The van der Waals surface area contributed by atoms with Crippen LogP contribution in [-0.2, 0) is 0 Å². The molecule has 0 saturated heterocycles. The molecule has 2 rings (SSSR count). The highest BCUT2D eigenvalue weighted by Gasteiger charge is 2.12. The molecule has 0 aliphatic carbocycles. The van der Waals surface area contributed by atoms with Crippen molar-refractivity contribution in [3.05, 3.63) is 46.4 Å². The van der Waals surface area contributed by atoms with Gasteiger partial charge in [-0.25, -0.2) is 4.39 Å². The number of rotatable bonds is 3. The van der Waals surface area contributed by atoms with Gasteiger partial charge in [-0.1, -0.05) is 15.9 Å². The smallest absolute Gasteiger partial charge is 0.135 e. The Bertz CT molecular complexity index is 524. The van der Waals surface area contributed by atoms with Crippen LogP contribution in [0.2, 0.25) is 0 Å². The number of furan rings is 1. The average Bonchev–Trinajstić information content (AvgIpc) is 2.80. The number of halogens is 2. The Hall–Kier alpha value is -1.13. The highest BCUT2D eigenvalue weighted by molar-refractivity contribution is 9.10. The molecule has 1 heterocycles. The summed E-state index contributed by atoms with van der Waals surface area (Å²) in [6.07, 6.45) is 0. The van der Waals surface area contributed by atoms with Crippen molar-refractivity contribution in [2.75, 3.05) is 7.05 Å². The Balaban J connectivity index is 2.40. The average molecular weight is 298 g/mol. The van der Waals surface area contributed by atoms with Crippen molar-refractivity contribution in [2.24, 2.45) is 0 Å². The molecular weight excluding hydrogens is 285 g/mol. The van der Waals surface area contributed by atoms with Gasteiger partial charge in [-0.15, -0.1) is 0 Å². The molecule has 1 aromatic heterocycles. The summed E-state index contributed by atoms with van der Waals surface area (Å²) in [5.41, 5.74) is 0.722. The van der Waals surface area contributed by atoms with E-state index >= 15 is 0 Å². The molecule has 90 valence electrons. The zero-order valence-electron chi connectivity index (χ0n) is 9.63. The van der Waals surface area contributed by atoms with Crippen LogP contribution in [-0.4, -0.2) is 7.05 Å². The summed E-state index contributed by atoms with van der Waals surface area (Å²) < 4.78 is 19.7. The quantitative estimate of drug-likeness (QED) is 0.921. The van der Waals surface area contributed by atoms with Crippen LogP contribution in [0, 0.1) is 5.82 Å². The van der Waals surface area contributed by atoms with Gasteiger partial charge in [-0.05, 0) is 44.3 Å². The molecule has 0 aliphatic heterocycles.